The van der Waals surface area contributed by atoms with Crippen LogP contribution in [0.2, 0.25) is 0 Å². The second kappa shape index (κ2) is 8.28. The van der Waals surface area contributed by atoms with E-state index in [-0.39, 0.29) is 6.61 Å². The van der Waals surface area contributed by atoms with Crippen molar-refractivity contribution in [3.8, 4) is 5.75 Å². The highest BCUT2D eigenvalue weighted by Crippen LogP contribution is 2.36. The summed E-state index contributed by atoms with van der Waals surface area (Å²) in [6, 6.07) is 6.65. The van der Waals surface area contributed by atoms with Gasteiger partial charge in [-0.1, -0.05) is 24.3 Å². The second-order valence-corrected chi connectivity index (χ2v) is 6.19. The van der Waals surface area contributed by atoms with Crippen molar-refractivity contribution in [1.82, 2.24) is 5.32 Å². The quantitative estimate of drug-likeness (QED) is 0.709. The molecule has 146 valence electrons. The smallest absolute Gasteiger partial charge is 0.418 e. The Balaban J connectivity index is 2.00. The number of aryl methyl sites for hydroxylation is 2. The Bertz CT molecular complexity index is 802. The molecule has 0 aromatic heterocycles. The lowest BCUT2D eigenvalue weighted by molar-refractivity contribution is -0.137. The van der Waals surface area contributed by atoms with Crippen LogP contribution in [0.1, 0.15) is 23.6 Å². The minimum absolute atomic E-state index is 0.0997. The zero-order valence-electron chi connectivity index (χ0n) is 15.1. The average Bonchev–Trinajstić information content (AvgIpc) is 2.55. The number of urea groups is 1. The van der Waals surface area contributed by atoms with E-state index < -0.39 is 35.3 Å². The third-order valence-electron chi connectivity index (χ3n) is 3.82. The van der Waals surface area contributed by atoms with Crippen LogP contribution in [0.25, 0.3) is 0 Å². The molecule has 2 aromatic carbocycles. The van der Waals surface area contributed by atoms with E-state index in [1.807, 2.05) is 37.4 Å². The predicted molar refractivity (Wildman–Crippen MR) is 94.4 cm³/mol. The number of para-hydroxylation sites is 2. The van der Waals surface area contributed by atoms with Gasteiger partial charge < -0.3 is 15.4 Å². The molecule has 0 heterocycles. The highest BCUT2D eigenvalue weighted by molar-refractivity contribution is 5.90. The summed E-state index contributed by atoms with van der Waals surface area (Å²) >= 11 is 0. The number of ether oxygens (including phenoxy) is 1. The lowest BCUT2D eigenvalue weighted by atomic mass is 10.1. The maximum atomic E-state index is 13.8. The van der Waals surface area contributed by atoms with Gasteiger partial charge in [0.2, 0.25) is 0 Å². The van der Waals surface area contributed by atoms with E-state index in [4.69, 9.17) is 4.74 Å². The van der Waals surface area contributed by atoms with Crippen LogP contribution in [-0.4, -0.2) is 18.7 Å². The highest BCUT2D eigenvalue weighted by atomic mass is 19.4. The Morgan fingerprint density at radius 2 is 1.70 bits per heavy atom. The Labute approximate surface area is 154 Å². The average molecular weight is 384 g/mol. The van der Waals surface area contributed by atoms with Gasteiger partial charge in [-0.3, -0.25) is 0 Å². The van der Waals surface area contributed by atoms with Gasteiger partial charge in [-0.2, -0.15) is 13.2 Å². The van der Waals surface area contributed by atoms with E-state index in [0.717, 1.165) is 23.3 Å². The molecule has 8 heteroatoms. The molecule has 4 nitrogen and oxygen atoms in total. The van der Waals surface area contributed by atoms with Crippen LogP contribution in [0.5, 0.6) is 5.75 Å². The van der Waals surface area contributed by atoms with Gasteiger partial charge in [0.05, 0.1) is 17.3 Å². The minimum Gasteiger partial charge on any atom is -0.491 e. The summed E-state index contributed by atoms with van der Waals surface area (Å²) in [7, 11) is 0. The maximum Gasteiger partial charge on any atom is 0.418 e. The number of benzene rings is 2. The van der Waals surface area contributed by atoms with Crippen molar-refractivity contribution >= 4 is 11.7 Å². The molecule has 1 unspecified atom stereocenters. The molecule has 2 rings (SSSR count). The van der Waals surface area contributed by atoms with Crippen molar-refractivity contribution in [3.05, 3.63) is 58.9 Å². The monoisotopic (exact) mass is 384 g/mol. The van der Waals surface area contributed by atoms with Crippen molar-refractivity contribution < 1.29 is 27.1 Å². The largest absolute Gasteiger partial charge is 0.491 e. The zero-order chi connectivity index (χ0) is 20.2. The molecule has 2 amide bonds. The molecule has 2 aromatic rings. The highest BCUT2D eigenvalue weighted by Gasteiger charge is 2.35. The van der Waals surface area contributed by atoms with Crippen LogP contribution >= 0.6 is 0 Å². The van der Waals surface area contributed by atoms with Crippen molar-refractivity contribution in [1.29, 1.82) is 0 Å². The van der Waals surface area contributed by atoms with E-state index >= 15 is 0 Å². The van der Waals surface area contributed by atoms with Gasteiger partial charge in [0.1, 0.15) is 18.2 Å². The number of hydrogen-bond donors (Lipinski definition) is 2. The van der Waals surface area contributed by atoms with Gasteiger partial charge >= 0.3 is 12.2 Å². The molecule has 0 spiro atoms. The van der Waals surface area contributed by atoms with Crippen molar-refractivity contribution in [2.45, 2.75) is 33.0 Å². The van der Waals surface area contributed by atoms with Gasteiger partial charge in [-0.15, -0.1) is 0 Å². The fourth-order valence-electron chi connectivity index (χ4n) is 2.54. The Hall–Kier alpha value is -2.77. The molecular weight excluding hydrogens is 364 g/mol. The molecule has 0 saturated heterocycles. The number of nitrogens with one attached hydrogen (secondary N) is 2. The van der Waals surface area contributed by atoms with Crippen LogP contribution in [0.15, 0.2) is 36.4 Å². The summed E-state index contributed by atoms with van der Waals surface area (Å²) in [5.41, 5.74) is -0.317. The second-order valence-electron chi connectivity index (χ2n) is 6.19. The topological polar surface area (TPSA) is 50.4 Å². The summed E-state index contributed by atoms with van der Waals surface area (Å²) in [5.74, 6) is -0.487. The van der Waals surface area contributed by atoms with Crippen molar-refractivity contribution in [2.75, 3.05) is 11.9 Å². The SMILES string of the molecule is Cc1cccc(C)c1OCC(C)NC(=O)Nc1c(F)cccc1C(F)(F)F. The molecule has 27 heavy (non-hydrogen) atoms. The van der Waals surface area contributed by atoms with Crippen LogP contribution in [-0.2, 0) is 6.18 Å². The first-order valence-electron chi connectivity index (χ1n) is 8.22. The van der Waals surface area contributed by atoms with Gasteiger partial charge in [-0.05, 0) is 44.0 Å². The van der Waals surface area contributed by atoms with Crippen LogP contribution < -0.4 is 15.4 Å². The minimum atomic E-state index is -4.79. The Morgan fingerprint density at radius 1 is 1.11 bits per heavy atom. The first-order valence-corrected chi connectivity index (χ1v) is 8.22. The molecule has 0 fully saturated rings. The van der Waals surface area contributed by atoms with Crippen LogP contribution in [0, 0.1) is 19.7 Å². The first-order chi connectivity index (χ1) is 12.6. The van der Waals surface area contributed by atoms with Gasteiger partial charge in [0.15, 0.2) is 0 Å². The fraction of sp³-hybridized carbons (Fsp3) is 0.316. The Kier molecular flexibility index (Phi) is 6.30. The third-order valence-corrected chi connectivity index (χ3v) is 3.82. The van der Waals surface area contributed by atoms with E-state index in [1.54, 1.807) is 6.92 Å². The molecule has 1 atom stereocenters. The lowest BCUT2D eigenvalue weighted by Gasteiger charge is -2.19. The number of amides is 2. The number of carbonyl (C=O) groups excluding carboxylic acids is 1. The van der Waals surface area contributed by atoms with E-state index in [9.17, 15) is 22.4 Å². The van der Waals surface area contributed by atoms with Gasteiger partial charge in [0.25, 0.3) is 0 Å². The van der Waals surface area contributed by atoms with Crippen molar-refractivity contribution in [2.24, 2.45) is 0 Å². The molecule has 0 aliphatic heterocycles. The molecule has 0 aliphatic rings. The van der Waals surface area contributed by atoms with Crippen molar-refractivity contribution in [3.63, 3.8) is 0 Å². The number of anilines is 1. The van der Waals surface area contributed by atoms with E-state index in [0.29, 0.717) is 11.8 Å². The standard InChI is InChI=1S/C19H20F4N2O2/c1-11-6-4-7-12(2)17(11)27-10-13(3)24-18(26)25-16-14(19(21,22)23)8-5-9-15(16)20/h4-9,13H,10H2,1-3H3,(H2,24,25,26). The van der Waals surface area contributed by atoms with Crippen LogP contribution in [0.4, 0.5) is 28.0 Å². The molecular formula is C19H20F4N2O2. The first kappa shape index (κ1) is 20.5. The number of alkyl halides is 3. The lowest BCUT2D eigenvalue weighted by Crippen LogP contribution is -2.40. The summed E-state index contributed by atoms with van der Waals surface area (Å²) in [6.07, 6.45) is -4.79. The molecule has 0 aliphatic carbocycles. The van der Waals surface area contributed by atoms with Crippen LogP contribution in [0.3, 0.4) is 0 Å². The summed E-state index contributed by atoms with van der Waals surface area (Å²) < 4.78 is 58.4. The number of rotatable bonds is 5. The summed E-state index contributed by atoms with van der Waals surface area (Å²) in [5, 5.41) is 4.37. The number of carbonyl (C=O) groups is 1. The molecule has 2 N–H and O–H groups in total. The normalized spacial score (nSPS) is 12.4. The maximum absolute atomic E-state index is 13.8. The molecule has 0 bridgehead atoms. The Morgan fingerprint density at radius 3 is 2.30 bits per heavy atom. The summed E-state index contributed by atoms with van der Waals surface area (Å²) in [6.45, 7) is 5.48. The van der Waals surface area contributed by atoms with Gasteiger partial charge in [0, 0.05) is 0 Å². The van der Waals surface area contributed by atoms with E-state index in [2.05, 4.69) is 5.32 Å². The molecule has 0 radical (unpaired) electrons. The predicted octanol–water partition coefficient (Wildman–Crippen LogP) is 5.05. The summed E-state index contributed by atoms with van der Waals surface area (Å²) in [4.78, 5) is 12.0. The fourth-order valence-corrected chi connectivity index (χ4v) is 2.54. The molecule has 0 saturated carbocycles. The number of halogens is 4. The third kappa shape index (κ3) is 5.35. The zero-order valence-corrected chi connectivity index (χ0v) is 15.1. The number of hydrogen-bond acceptors (Lipinski definition) is 2. The van der Waals surface area contributed by atoms with Gasteiger partial charge in [-0.25, -0.2) is 9.18 Å². The van der Waals surface area contributed by atoms with E-state index in [1.165, 1.54) is 0 Å².